The van der Waals surface area contributed by atoms with Crippen LogP contribution in [-0.2, 0) is 0 Å². The molecule has 0 saturated heterocycles. The number of benzene rings is 2. The van der Waals surface area contributed by atoms with E-state index in [-0.39, 0.29) is 16.8 Å². The molecule has 0 fully saturated rings. The van der Waals surface area contributed by atoms with E-state index in [1.165, 1.54) is 22.9 Å². The van der Waals surface area contributed by atoms with Crippen molar-refractivity contribution in [3.63, 3.8) is 0 Å². The number of halogens is 1. The van der Waals surface area contributed by atoms with Crippen LogP contribution in [0.2, 0.25) is 0 Å². The van der Waals surface area contributed by atoms with Gasteiger partial charge in [0.15, 0.2) is 0 Å². The van der Waals surface area contributed by atoms with Crippen molar-refractivity contribution in [1.29, 1.82) is 0 Å². The van der Waals surface area contributed by atoms with E-state index in [0.717, 1.165) is 0 Å². The first-order valence-electron chi connectivity index (χ1n) is 5.51. The molecule has 0 atom stereocenters. The SMILES string of the molecule is O=C(O)c1cccc2nnn(-c3ccccc3F)c12. The summed E-state index contributed by atoms with van der Waals surface area (Å²) in [7, 11) is 0. The number of carboxylic acids is 1. The highest BCUT2D eigenvalue weighted by atomic mass is 19.1. The van der Waals surface area contributed by atoms with Crippen LogP contribution >= 0.6 is 0 Å². The van der Waals surface area contributed by atoms with E-state index in [9.17, 15) is 14.3 Å². The molecule has 0 aliphatic rings. The molecule has 1 N–H and O–H groups in total. The number of fused-ring (bicyclic) bond motifs is 1. The number of nitrogens with zero attached hydrogens (tertiary/aromatic N) is 3. The quantitative estimate of drug-likeness (QED) is 0.764. The Morgan fingerprint density at radius 3 is 2.68 bits per heavy atom. The minimum Gasteiger partial charge on any atom is -0.478 e. The van der Waals surface area contributed by atoms with Crippen LogP contribution in [0.3, 0.4) is 0 Å². The van der Waals surface area contributed by atoms with Gasteiger partial charge in [0, 0.05) is 0 Å². The number of hydrogen-bond donors (Lipinski definition) is 1. The minimum atomic E-state index is -1.11. The van der Waals surface area contributed by atoms with Crippen LogP contribution in [0.15, 0.2) is 42.5 Å². The number of carbonyl (C=O) groups is 1. The molecule has 6 heteroatoms. The normalized spacial score (nSPS) is 10.8. The van der Waals surface area contributed by atoms with Gasteiger partial charge < -0.3 is 5.11 Å². The van der Waals surface area contributed by atoms with Gasteiger partial charge in [0.05, 0.1) is 5.56 Å². The van der Waals surface area contributed by atoms with Crippen molar-refractivity contribution >= 4 is 17.0 Å². The second-order valence-electron chi connectivity index (χ2n) is 3.93. The molecular formula is C13H8FN3O2. The third kappa shape index (κ3) is 1.74. The molecule has 94 valence electrons. The molecule has 0 aliphatic carbocycles. The van der Waals surface area contributed by atoms with Crippen LogP contribution in [0.25, 0.3) is 16.7 Å². The molecule has 1 heterocycles. The molecule has 1 aromatic heterocycles. The molecule has 0 spiro atoms. The fraction of sp³-hybridized carbons (Fsp3) is 0. The number of rotatable bonds is 2. The summed E-state index contributed by atoms with van der Waals surface area (Å²) >= 11 is 0. The van der Waals surface area contributed by atoms with Gasteiger partial charge in [-0.2, -0.15) is 0 Å². The lowest BCUT2D eigenvalue weighted by atomic mass is 10.2. The summed E-state index contributed by atoms with van der Waals surface area (Å²) in [6.07, 6.45) is 0. The van der Waals surface area contributed by atoms with E-state index in [1.54, 1.807) is 24.3 Å². The zero-order chi connectivity index (χ0) is 13.4. The number of carboxylic acid groups (broad SMARTS) is 1. The molecule has 0 aliphatic heterocycles. The first kappa shape index (κ1) is 11.3. The highest BCUT2D eigenvalue weighted by molar-refractivity contribution is 6.01. The Balaban J connectivity index is 2.37. The molecule has 0 saturated carbocycles. The molecular weight excluding hydrogens is 249 g/mol. The summed E-state index contributed by atoms with van der Waals surface area (Å²) in [6.45, 7) is 0. The van der Waals surface area contributed by atoms with Crippen molar-refractivity contribution in [2.75, 3.05) is 0 Å². The maximum atomic E-state index is 13.8. The van der Waals surface area contributed by atoms with Crippen molar-refractivity contribution in [2.45, 2.75) is 0 Å². The topological polar surface area (TPSA) is 68.0 Å². The Hall–Kier alpha value is -2.76. The Bertz CT molecular complexity index is 782. The molecule has 0 unspecified atom stereocenters. The molecule has 0 amide bonds. The van der Waals surface area contributed by atoms with Crippen LogP contribution in [0.5, 0.6) is 0 Å². The van der Waals surface area contributed by atoms with Gasteiger partial charge in [-0.05, 0) is 24.3 Å². The molecule has 0 bridgehead atoms. The van der Waals surface area contributed by atoms with E-state index in [4.69, 9.17) is 0 Å². The molecule has 2 aromatic carbocycles. The van der Waals surface area contributed by atoms with Gasteiger partial charge in [-0.15, -0.1) is 5.10 Å². The van der Waals surface area contributed by atoms with Crippen molar-refractivity contribution in [3.05, 3.63) is 53.8 Å². The smallest absolute Gasteiger partial charge is 0.337 e. The second-order valence-corrected chi connectivity index (χ2v) is 3.93. The van der Waals surface area contributed by atoms with Crippen molar-refractivity contribution in [1.82, 2.24) is 15.0 Å². The van der Waals surface area contributed by atoms with E-state index in [2.05, 4.69) is 10.3 Å². The average Bonchev–Trinajstić information content (AvgIpc) is 2.82. The van der Waals surface area contributed by atoms with E-state index < -0.39 is 11.8 Å². The lowest BCUT2D eigenvalue weighted by Gasteiger charge is -2.05. The Kier molecular flexibility index (Phi) is 2.49. The second kappa shape index (κ2) is 4.16. The Morgan fingerprint density at radius 1 is 1.16 bits per heavy atom. The van der Waals surface area contributed by atoms with E-state index in [1.807, 2.05) is 0 Å². The van der Waals surface area contributed by atoms with Crippen molar-refractivity contribution in [2.24, 2.45) is 0 Å². The van der Waals surface area contributed by atoms with E-state index in [0.29, 0.717) is 5.52 Å². The highest BCUT2D eigenvalue weighted by Crippen LogP contribution is 2.21. The van der Waals surface area contributed by atoms with Gasteiger partial charge >= 0.3 is 5.97 Å². The van der Waals surface area contributed by atoms with Gasteiger partial charge in [0.1, 0.15) is 22.5 Å². The zero-order valence-electron chi connectivity index (χ0n) is 9.62. The van der Waals surface area contributed by atoms with Crippen LogP contribution in [0.1, 0.15) is 10.4 Å². The summed E-state index contributed by atoms with van der Waals surface area (Å²) in [5, 5.41) is 16.9. The summed E-state index contributed by atoms with van der Waals surface area (Å²) in [6, 6.07) is 10.6. The number of hydrogen-bond acceptors (Lipinski definition) is 3. The molecule has 19 heavy (non-hydrogen) atoms. The van der Waals surface area contributed by atoms with Crippen LogP contribution in [0, 0.1) is 5.82 Å². The largest absolute Gasteiger partial charge is 0.478 e. The maximum absolute atomic E-state index is 13.8. The van der Waals surface area contributed by atoms with Crippen LogP contribution in [0.4, 0.5) is 4.39 Å². The lowest BCUT2D eigenvalue weighted by molar-refractivity contribution is 0.0698. The van der Waals surface area contributed by atoms with Gasteiger partial charge in [0.25, 0.3) is 0 Å². The number of para-hydroxylation sites is 2. The maximum Gasteiger partial charge on any atom is 0.337 e. The molecule has 5 nitrogen and oxygen atoms in total. The monoisotopic (exact) mass is 257 g/mol. The lowest BCUT2D eigenvalue weighted by Crippen LogP contribution is -2.04. The summed E-state index contributed by atoms with van der Waals surface area (Å²) in [4.78, 5) is 11.2. The fourth-order valence-corrected chi connectivity index (χ4v) is 1.94. The number of aromatic carboxylic acids is 1. The van der Waals surface area contributed by atoms with Crippen LogP contribution in [-0.4, -0.2) is 26.1 Å². The summed E-state index contributed by atoms with van der Waals surface area (Å²) in [5.74, 6) is -1.60. The highest BCUT2D eigenvalue weighted by Gasteiger charge is 2.17. The average molecular weight is 257 g/mol. The minimum absolute atomic E-state index is 0.0331. The predicted molar refractivity (Wildman–Crippen MR) is 65.8 cm³/mol. The van der Waals surface area contributed by atoms with E-state index >= 15 is 0 Å². The van der Waals surface area contributed by atoms with Crippen molar-refractivity contribution < 1.29 is 14.3 Å². The third-order valence-corrected chi connectivity index (χ3v) is 2.78. The van der Waals surface area contributed by atoms with Gasteiger partial charge in [0.2, 0.25) is 0 Å². The molecule has 3 aromatic rings. The first-order chi connectivity index (χ1) is 9.18. The van der Waals surface area contributed by atoms with Gasteiger partial charge in [-0.3, -0.25) is 0 Å². The summed E-state index contributed by atoms with van der Waals surface area (Å²) < 4.78 is 15.0. The Labute approximate surface area is 106 Å². The number of aromatic nitrogens is 3. The zero-order valence-corrected chi connectivity index (χ0v) is 9.62. The van der Waals surface area contributed by atoms with Crippen LogP contribution < -0.4 is 0 Å². The van der Waals surface area contributed by atoms with Crippen molar-refractivity contribution in [3.8, 4) is 5.69 Å². The standard InChI is InChI=1S/C13H8FN3O2/c14-9-5-1-2-7-11(9)17-12-8(13(18)19)4-3-6-10(12)15-16-17/h1-7H,(H,18,19). The fourth-order valence-electron chi connectivity index (χ4n) is 1.94. The predicted octanol–water partition coefficient (Wildman–Crippen LogP) is 2.26. The van der Waals surface area contributed by atoms with Gasteiger partial charge in [-0.25, -0.2) is 13.9 Å². The summed E-state index contributed by atoms with van der Waals surface area (Å²) in [5.41, 5.74) is 0.882. The Morgan fingerprint density at radius 2 is 1.95 bits per heavy atom. The molecule has 3 rings (SSSR count). The first-order valence-corrected chi connectivity index (χ1v) is 5.51. The molecule has 0 radical (unpaired) electrons. The third-order valence-electron chi connectivity index (χ3n) is 2.78. The van der Waals surface area contributed by atoms with Gasteiger partial charge in [-0.1, -0.05) is 23.4 Å².